The highest BCUT2D eigenvalue weighted by Gasteiger charge is 2.25. The van der Waals surface area contributed by atoms with Crippen molar-refractivity contribution in [3.05, 3.63) is 11.6 Å². The van der Waals surface area contributed by atoms with Crippen LogP contribution >= 0.6 is 0 Å². The minimum atomic E-state index is -0.0221. The molecule has 0 saturated carbocycles. The van der Waals surface area contributed by atoms with E-state index in [2.05, 4.69) is 5.32 Å². The highest BCUT2D eigenvalue weighted by Crippen LogP contribution is 2.45. The van der Waals surface area contributed by atoms with Crippen LogP contribution in [-0.2, 0) is 11.2 Å². The van der Waals surface area contributed by atoms with Gasteiger partial charge in [-0.2, -0.15) is 0 Å². The van der Waals surface area contributed by atoms with Gasteiger partial charge in [0.05, 0.1) is 27.0 Å². The highest BCUT2D eigenvalue weighted by atomic mass is 16.5. The molecule has 0 unspecified atom stereocenters. The Bertz CT molecular complexity index is 434. The van der Waals surface area contributed by atoms with E-state index in [0.717, 1.165) is 5.56 Å². The molecular weight excluding hydrogens is 222 g/mol. The van der Waals surface area contributed by atoms with E-state index in [1.165, 1.54) is 0 Å². The van der Waals surface area contributed by atoms with E-state index in [0.29, 0.717) is 35.8 Å². The van der Waals surface area contributed by atoms with Gasteiger partial charge in [-0.15, -0.1) is 0 Å². The topological polar surface area (TPSA) is 56.8 Å². The summed E-state index contributed by atoms with van der Waals surface area (Å²) in [5, 5.41) is 2.80. The van der Waals surface area contributed by atoms with Crippen LogP contribution in [0.15, 0.2) is 6.07 Å². The van der Waals surface area contributed by atoms with Crippen molar-refractivity contribution < 1.29 is 19.0 Å². The number of nitrogens with one attached hydrogen (secondary N) is 1. The number of ether oxygens (including phenoxy) is 3. The fourth-order valence-electron chi connectivity index (χ4n) is 2.01. The smallest absolute Gasteiger partial charge is 0.224 e. The molecule has 1 aliphatic rings. The molecule has 1 aromatic carbocycles. The number of amides is 1. The molecule has 0 aliphatic carbocycles. The predicted molar refractivity (Wildman–Crippen MR) is 63.0 cm³/mol. The number of hydrogen-bond donors (Lipinski definition) is 1. The second kappa shape index (κ2) is 4.53. The van der Waals surface area contributed by atoms with Gasteiger partial charge >= 0.3 is 0 Å². The van der Waals surface area contributed by atoms with Crippen molar-refractivity contribution in [1.82, 2.24) is 0 Å². The maximum absolute atomic E-state index is 11.4. The second-order valence-corrected chi connectivity index (χ2v) is 3.72. The summed E-state index contributed by atoms with van der Waals surface area (Å²) in [5.41, 5.74) is 1.60. The molecule has 1 N–H and O–H groups in total. The van der Waals surface area contributed by atoms with Gasteiger partial charge in [-0.1, -0.05) is 0 Å². The van der Waals surface area contributed by atoms with Gasteiger partial charge in [0.2, 0.25) is 5.91 Å². The lowest BCUT2D eigenvalue weighted by molar-refractivity contribution is -0.116. The van der Waals surface area contributed by atoms with Gasteiger partial charge in [0.25, 0.3) is 0 Å². The number of carbonyl (C=O) groups excluding carboxylic acids is 1. The Kier molecular flexibility index (Phi) is 3.08. The molecule has 1 aromatic rings. The zero-order valence-corrected chi connectivity index (χ0v) is 10.1. The van der Waals surface area contributed by atoms with E-state index < -0.39 is 0 Å². The molecule has 5 heteroatoms. The molecule has 0 aromatic heterocycles. The highest BCUT2D eigenvalue weighted by molar-refractivity contribution is 5.97. The fraction of sp³-hybridized carbons (Fsp3) is 0.417. The minimum absolute atomic E-state index is 0.0221. The number of methoxy groups -OCH3 is 3. The van der Waals surface area contributed by atoms with Crippen molar-refractivity contribution in [2.24, 2.45) is 0 Å². The Labute approximate surface area is 99.7 Å². The van der Waals surface area contributed by atoms with Crippen LogP contribution in [0, 0.1) is 0 Å². The summed E-state index contributed by atoms with van der Waals surface area (Å²) in [7, 11) is 4.69. The Morgan fingerprint density at radius 1 is 1.06 bits per heavy atom. The van der Waals surface area contributed by atoms with Crippen LogP contribution in [0.4, 0.5) is 5.69 Å². The van der Waals surface area contributed by atoms with Crippen molar-refractivity contribution in [2.45, 2.75) is 12.8 Å². The van der Waals surface area contributed by atoms with E-state index in [9.17, 15) is 4.79 Å². The van der Waals surface area contributed by atoms with Gasteiger partial charge < -0.3 is 19.5 Å². The monoisotopic (exact) mass is 237 g/mol. The summed E-state index contributed by atoms with van der Waals surface area (Å²) in [6.45, 7) is 0. The molecule has 5 nitrogen and oxygen atoms in total. The molecule has 0 fully saturated rings. The second-order valence-electron chi connectivity index (χ2n) is 3.72. The molecule has 17 heavy (non-hydrogen) atoms. The molecule has 1 amide bonds. The lowest BCUT2D eigenvalue weighted by Gasteiger charge is -2.23. The van der Waals surface area contributed by atoms with E-state index in [1.807, 2.05) is 0 Å². The van der Waals surface area contributed by atoms with Gasteiger partial charge in [-0.3, -0.25) is 4.79 Å². The molecule has 1 heterocycles. The fourth-order valence-corrected chi connectivity index (χ4v) is 2.01. The van der Waals surface area contributed by atoms with Crippen molar-refractivity contribution in [3.8, 4) is 17.2 Å². The first kappa shape index (κ1) is 11.6. The summed E-state index contributed by atoms with van der Waals surface area (Å²) < 4.78 is 15.8. The number of fused-ring (bicyclic) bond motifs is 1. The standard InChI is InChI=1S/C12H15NO4/c1-15-8-6-9(16-2)12(17-3)11-7(8)4-5-10(14)13-11/h6H,4-5H2,1-3H3,(H,13,14). The van der Waals surface area contributed by atoms with Crippen molar-refractivity contribution >= 4 is 11.6 Å². The molecular formula is C12H15NO4. The molecule has 2 rings (SSSR count). The summed E-state index contributed by atoms with van der Waals surface area (Å²) in [4.78, 5) is 11.4. The van der Waals surface area contributed by atoms with Crippen molar-refractivity contribution in [2.75, 3.05) is 26.6 Å². The maximum atomic E-state index is 11.4. The van der Waals surface area contributed by atoms with E-state index >= 15 is 0 Å². The normalized spacial score (nSPS) is 13.7. The SMILES string of the molecule is COc1cc(OC)c(OC)c2c1CCC(=O)N2. The van der Waals surface area contributed by atoms with Crippen LogP contribution in [0.3, 0.4) is 0 Å². The molecule has 0 radical (unpaired) electrons. The van der Waals surface area contributed by atoms with Crippen LogP contribution in [0.1, 0.15) is 12.0 Å². The van der Waals surface area contributed by atoms with Crippen molar-refractivity contribution in [1.29, 1.82) is 0 Å². The third-order valence-electron chi connectivity index (χ3n) is 2.82. The van der Waals surface area contributed by atoms with Gasteiger partial charge in [0.15, 0.2) is 11.5 Å². The first-order valence-corrected chi connectivity index (χ1v) is 5.33. The summed E-state index contributed by atoms with van der Waals surface area (Å²) in [6.07, 6.45) is 1.10. The van der Waals surface area contributed by atoms with E-state index in [4.69, 9.17) is 14.2 Å². The van der Waals surface area contributed by atoms with Crippen LogP contribution in [0.5, 0.6) is 17.2 Å². The number of carbonyl (C=O) groups is 1. The molecule has 0 spiro atoms. The number of hydrogen-bond acceptors (Lipinski definition) is 4. The largest absolute Gasteiger partial charge is 0.496 e. The predicted octanol–water partition coefficient (Wildman–Crippen LogP) is 1.60. The lowest BCUT2D eigenvalue weighted by Crippen LogP contribution is -2.20. The summed E-state index contributed by atoms with van der Waals surface area (Å²) in [6, 6.07) is 1.77. The minimum Gasteiger partial charge on any atom is -0.496 e. The Morgan fingerprint density at radius 3 is 2.35 bits per heavy atom. The average Bonchev–Trinajstić information content (AvgIpc) is 2.36. The zero-order valence-electron chi connectivity index (χ0n) is 10.1. The average molecular weight is 237 g/mol. The Balaban J connectivity index is 2.63. The first-order valence-electron chi connectivity index (χ1n) is 5.33. The van der Waals surface area contributed by atoms with E-state index in [1.54, 1.807) is 27.4 Å². The van der Waals surface area contributed by atoms with Gasteiger partial charge in [-0.25, -0.2) is 0 Å². The third-order valence-corrected chi connectivity index (χ3v) is 2.82. The van der Waals surface area contributed by atoms with Crippen LogP contribution < -0.4 is 19.5 Å². The van der Waals surface area contributed by atoms with Gasteiger partial charge in [0, 0.05) is 18.1 Å². The quantitative estimate of drug-likeness (QED) is 0.867. The van der Waals surface area contributed by atoms with Crippen LogP contribution in [0.25, 0.3) is 0 Å². The zero-order chi connectivity index (χ0) is 12.4. The Hall–Kier alpha value is -1.91. The van der Waals surface area contributed by atoms with Crippen LogP contribution in [-0.4, -0.2) is 27.2 Å². The van der Waals surface area contributed by atoms with E-state index in [-0.39, 0.29) is 5.91 Å². The molecule has 0 atom stereocenters. The summed E-state index contributed by atoms with van der Waals surface area (Å²) >= 11 is 0. The molecule has 0 bridgehead atoms. The Morgan fingerprint density at radius 2 is 1.76 bits per heavy atom. The van der Waals surface area contributed by atoms with Crippen molar-refractivity contribution in [3.63, 3.8) is 0 Å². The number of benzene rings is 1. The molecule has 92 valence electrons. The van der Waals surface area contributed by atoms with Gasteiger partial charge in [0.1, 0.15) is 5.75 Å². The molecule has 0 saturated heterocycles. The molecule has 1 aliphatic heterocycles. The number of rotatable bonds is 3. The first-order chi connectivity index (χ1) is 8.21. The number of anilines is 1. The lowest BCUT2D eigenvalue weighted by atomic mass is 10.0. The third kappa shape index (κ3) is 1.88. The van der Waals surface area contributed by atoms with Crippen LogP contribution in [0.2, 0.25) is 0 Å². The summed E-state index contributed by atoms with van der Waals surface area (Å²) in [5.74, 6) is 1.77. The maximum Gasteiger partial charge on any atom is 0.224 e. The van der Waals surface area contributed by atoms with Gasteiger partial charge in [-0.05, 0) is 6.42 Å².